The van der Waals surface area contributed by atoms with Gasteiger partial charge in [0.05, 0.1) is 22.6 Å². The van der Waals surface area contributed by atoms with Gasteiger partial charge in [0.2, 0.25) is 23.5 Å². The first-order valence-electron chi connectivity index (χ1n) is 26.0. The highest BCUT2D eigenvalue weighted by atomic mass is 32.2. The molecule has 1 atom stereocenters. The fourth-order valence-electron chi connectivity index (χ4n) is 12.1. The van der Waals surface area contributed by atoms with Crippen molar-refractivity contribution in [2.24, 2.45) is 17.3 Å². The minimum Gasteiger partial charge on any atom is -0.374 e. The van der Waals surface area contributed by atoms with Gasteiger partial charge in [-0.2, -0.15) is 12.7 Å². The molecule has 18 heteroatoms. The molecule has 14 nitrogen and oxygen atoms in total. The third-order valence-corrected chi connectivity index (χ3v) is 17.7. The maximum Gasteiger partial charge on any atom is 0.301 e. The maximum absolute atomic E-state index is 16.5. The molecule has 77 heavy (non-hydrogen) atoms. The van der Waals surface area contributed by atoms with Crippen molar-refractivity contribution < 1.29 is 36.0 Å². The van der Waals surface area contributed by atoms with Crippen LogP contribution in [0.15, 0.2) is 146 Å². The smallest absolute Gasteiger partial charge is 0.301 e. The van der Waals surface area contributed by atoms with Gasteiger partial charge in [-0.1, -0.05) is 97.9 Å². The zero-order chi connectivity index (χ0) is 53.6. The summed E-state index contributed by atoms with van der Waals surface area (Å²) in [5.74, 6) is -2.87. The Bertz CT molecular complexity index is 3360. The number of amides is 2. The summed E-state index contributed by atoms with van der Waals surface area (Å²) in [6, 6.07) is 37.1. The third kappa shape index (κ3) is 9.62. The van der Waals surface area contributed by atoms with Gasteiger partial charge in [0.25, 0.3) is 0 Å². The predicted octanol–water partition coefficient (Wildman–Crippen LogP) is 9.39. The molecular formula is C59H58F3N9O5S. The lowest BCUT2D eigenvalue weighted by Gasteiger charge is -2.61. The highest BCUT2D eigenvalue weighted by molar-refractivity contribution is 7.90. The van der Waals surface area contributed by atoms with E-state index in [0.29, 0.717) is 46.8 Å². The van der Waals surface area contributed by atoms with Crippen LogP contribution in [0.25, 0.3) is 11.3 Å². The van der Waals surface area contributed by atoms with Crippen LogP contribution in [-0.4, -0.2) is 90.7 Å². The van der Waals surface area contributed by atoms with Crippen LogP contribution in [-0.2, 0) is 25.3 Å². The van der Waals surface area contributed by atoms with Gasteiger partial charge in [0.1, 0.15) is 23.2 Å². The molecule has 396 valence electrons. The summed E-state index contributed by atoms with van der Waals surface area (Å²) in [6.07, 6.45) is 9.74. The second kappa shape index (κ2) is 20.6. The molecule has 1 saturated carbocycles. The molecule has 5 heterocycles. The second-order valence-corrected chi connectivity index (χ2v) is 22.6. The number of benzene rings is 5. The molecule has 5 aromatic carbocycles. The molecule has 2 amide bonds. The topological polar surface area (TPSA) is 162 Å². The summed E-state index contributed by atoms with van der Waals surface area (Å²) in [4.78, 5) is 52.6. The van der Waals surface area contributed by atoms with Crippen LogP contribution in [0.2, 0.25) is 0 Å². The Labute approximate surface area is 445 Å². The molecule has 11 rings (SSSR count). The van der Waals surface area contributed by atoms with Gasteiger partial charge >= 0.3 is 10.2 Å². The molecule has 1 spiro atoms. The summed E-state index contributed by atoms with van der Waals surface area (Å²) < 4.78 is 78.9. The van der Waals surface area contributed by atoms with Gasteiger partial charge in [-0.25, -0.2) is 23.1 Å². The van der Waals surface area contributed by atoms with E-state index in [1.807, 2.05) is 95.6 Å². The zero-order valence-corrected chi connectivity index (χ0v) is 43.4. The van der Waals surface area contributed by atoms with Crippen molar-refractivity contribution in [1.29, 1.82) is 0 Å². The van der Waals surface area contributed by atoms with Crippen molar-refractivity contribution in [3.05, 3.63) is 191 Å². The van der Waals surface area contributed by atoms with E-state index >= 15 is 13.2 Å². The largest absolute Gasteiger partial charge is 0.374 e. The molecule has 3 saturated heterocycles. The summed E-state index contributed by atoms with van der Waals surface area (Å²) in [5.41, 5.74) is 2.01. The van der Waals surface area contributed by atoms with Crippen molar-refractivity contribution in [2.45, 2.75) is 57.0 Å². The number of halogens is 3. The number of carbonyl (C=O) groups is 3. The first kappa shape index (κ1) is 51.3. The van der Waals surface area contributed by atoms with E-state index in [4.69, 9.17) is 9.97 Å². The lowest BCUT2D eigenvalue weighted by Crippen LogP contribution is -2.64. The number of nitrogens with zero attached hydrogens (tertiary/aromatic N) is 6. The first-order valence-corrected chi connectivity index (χ1v) is 27.5. The lowest BCUT2D eigenvalue weighted by molar-refractivity contribution is -0.133. The number of anilines is 4. The van der Waals surface area contributed by atoms with Crippen LogP contribution in [0.1, 0.15) is 78.1 Å². The summed E-state index contributed by atoms with van der Waals surface area (Å²) in [5, 5.41) is 5.39. The molecule has 0 radical (unpaired) electrons. The Balaban J connectivity index is 0.837. The molecule has 1 unspecified atom stereocenters. The van der Waals surface area contributed by atoms with E-state index in [-0.39, 0.29) is 35.7 Å². The lowest BCUT2D eigenvalue weighted by atomic mass is 9.53. The summed E-state index contributed by atoms with van der Waals surface area (Å²) in [6.45, 7) is 4.81. The van der Waals surface area contributed by atoms with E-state index in [0.717, 1.165) is 85.0 Å². The van der Waals surface area contributed by atoms with Crippen LogP contribution in [0.4, 0.5) is 36.2 Å². The number of imide groups is 1. The van der Waals surface area contributed by atoms with E-state index in [1.165, 1.54) is 13.1 Å². The number of piperidine rings is 2. The Morgan fingerprint density at radius 2 is 1.39 bits per heavy atom. The van der Waals surface area contributed by atoms with Gasteiger partial charge in [0, 0.05) is 87.0 Å². The van der Waals surface area contributed by atoms with Crippen molar-refractivity contribution in [3.8, 4) is 11.3 Å². The number of nitrogens with one attached hydrogen (secondary N) is 3. The van der Waals surface area contributed by atoms with Crippen LogP contribution < -0.4 is 25.2 Å². The molecule has 7 aromatic rings. The number of carbonyl (C=O) groups excluding carboxylic acids is 3. The average Bonchev–Trinajstić information content (AvgIpc) is 3.89. The summed E-state index contributed by atoms with van der Waals surface area (Å²) >= 11 is 0. The highest BCUT2D eigenvalue weighted by Gasteiger charge is 2.55. The first-order chi connectivity index (χ1) is 37.2. The molecule has 4 fully saturated rings. The van der Waals surface area contributed by atoms with E-state index in [9.17, 15) is 22.8 Å². The second-order valence-electron chi connectivity index (χ2n) is 20.9. The standard InChI is InChI=1S/C59H58F3N9O5S/c1-3-68(2)77(75,76)67-48-21-20-46(60)53(54(48)62)55(73)39-29-51(71(35-39)59(42-13-7-4-8-14-42,43-15-9-5-10-16-43)44-17-11-6-12-18-44)41-33-63-57(64-34-41)70-36-58(37-70)31-40(32-58)38-25-27-69(28-26-38)50-23-19-45(30-47(50)61)65-49-22-24-52(72)66-56(49)74/h4-21,23,29-30,33-35,38,40,49,65,67H,3,22,24-28,31-32,36-37H2,1-2H3,(H,66,72,74). The molecule has 3 N–H and O–H groups in total. The SMILES string of the molecule is CCN(C)S(=O)(=O)Nc1ccc(F)c(C(=O)c2cc(-c3cnc(N4CC5(CC(C6CCN(c7ccc(NC8CCC(=O)NC8=O)cc7F)CC6)C5)C4)nc3)n(C(c3ccccc3)(c3ccccc3)c3ccccc3)c2)c1F. The van der Waals surface area contributed by atoms with Crippen molar-refractivity contribution >= 4 is 50.8 Å². The third-order valence-electron chi connectivity index (χ3n) is 16.2. The number of rotatable bonds is 16. The Kier molecular flexibility index (Phi) is 13.7. The van der Waals surface area contributed by atoms with Gasteiger partial charge < -0.3 is 19.7 Å². The maximum atomic E-state index is 16.5. The molecule has 1 aliphatic carbocycles. The van der Waals surface area contributed by atoms with E-state index in [2.05, 4.69) is 25.2 Å². The Hall–Kier alpha value is -7.83. The minimum absolute atomic E-state index is 0.0583. The number of hydrogen-bond acceptors (Lipinski definition) is 10. The van der Waals surface area contributed by atoms with Crippen LogP contribution in [0.5, 0.6) is 0 Å². The van der Waals surface area contributed by atoms with Crippen molar-refractivity contribution in [3.63, 3.8) is 0 Å². The van der Waals surface area contributed by atoms with Gasteiger partial charge in [-0.05, 0) is 97.0 Å². The normalized spacial score (nSPS) is 18.0. The number of ketones is 1. The quantitative estimate of drug-likeness (QED) is 0.0483. The number of aromatic nitrogens is 3. The van der Waals surface area contributed by atoms with Crippen LogP contribution >= 0.6 is 0 Å². The number of hydrogen-bond donors (Lipinski definition) is 3. The van der Waals surface area contributed by atoms with E-state index in [1.54, 1.807) is 43.7 Å². The van der Waals surface area contributed by atoms with Gasteiger partial charge in [-0.15, -0.1) is 0 Å². The monoisotopic (exact) mass is 1060 g/mol. The molecule has 0 bridgehead atoms. The van der Waals surface area contributed by atoms with Crippen molar-refractivity contribution in [2.75, 3.05) is 59.6 Å². The predicted molar refractivity (Wildman–Crippen MR) is 289 cm³/mol. The average molecular weight is 1060 g/mol. The van der Waals surface area contributed by atoms with Crippen LogP contribution in [0, 0.1) is 34.7 Å². The molecule has 4 aliphatic rings. The fourth-order valence-corrected chi connectivity index (χ4v) is 13.0. The molecular weight excluding hydrogens is 1000 g/mol. The van der Waals surface area contributed by atoms with Gasteiger partial charge in [-0.3, -0.25) is 24.4 Å². The Morgan fingerprint density at radius 3 is 1.96 bits per heavy atom. The van der Waals surface area contributed by atoms with E-state index < -0.39 is 56.4 Å². The molecule has 3 aliphatic heterocycles. The fraction of sp³-hybridized carbons (Fsp3) is 0.305. The zero-order valence-electron chi connectivity index (χ0n) is 42.6. The summed E-state index contributed by atoms with van der Waals surface area (Å²) in [7, 11) is -2.92. The Morgan fingerprint density at radius 1 is 0.779 bits per heavy atom. The minimum atomic E-state index is -4.23. The molecule has 2 aromatic heterocycles. The highest BCUT2D eigenvalue weighted by Crippen LogP contribution is 2.56. The van der Waals surface area contributed by atoms with Crippen molar-refractivity contribution in [1.82, 2.24) is 24.2 Å². The van der Waals surface area contributed by atoms with Crippen LogP contribution in [0.3, 0.4) is 0 Å². The van der Waals surface area contributed by atoms with Gasteiger partial charge in [0.15, 0.2) is 5.82 Å².